The molecule has 0 radical (unpaired) electrons. The number of benzene rings is 1. The maximum absolute atomic E-state index is 12.1. The molecule has 2 rings (SSSR count). The summed E-state index contributed by atoms with van der Waals surface area (Å²) in [4.78, 5) is 23.2. The zero-order valence-corrected chi connectivity index (χ0v) is 9.99. The molecule has 0 bridgehead atoms. The van der Waals surface area contributed by atoms with Crippen LogP contribution < -0.4 is 10.6 Å². The maximum Gasteiger partial charge on any atom is 0.232 e. The Kier molecular flexibility index (Phi) is 3.02. The van der Waals surface area contributed by atoms with Crippen LogP contribution in [0.3, 0.4) is 0 Å². The third-order valence-electron chi connectivity index (χ3n) is 3.05. The summed E-state index contributed by atoms with van der Waals surface area (Å²) in [6.07, 6.45) is 0.203. The molecule has 1 aliphatic rings. The van der Waals surface area contributed by atoms with Gasteiger partial charge in [0, 0.05) is 18.7 Å². The summed E-state index contributed by atoms with van der Waals surface area (Å²) in [6, 6.07) is 8.62. The van der Waals surface area contributed by atoms with E-state index in [4.69, 9.17) is 5.26 Å². The van der Waals surface area contributed by atoms with Gasteiger partial charge in [0.25, 0.3) is 0 Å². The number of hydrogen-bond donors (Lipinski definition) is 2. The minimum atomic E-state index is -0.703. The molecule has 1 aliphatic heterocycles. The van der Waals surface area contributed by atoms with Crippen molar-refractivity contribution < 1.29 is 9.59 Å². The minimum Gasteiger partial charge on any atom is -0.355 e. The average Bonchev–Trinajstić information content (AvgIpc) is 2.71. The summed E-state index contributed by atoms with van der Waals surface area (Å²) < 4.78 is 0. The first kappa shape index (κ1) is 12.1. The second-order valence-electron chi connectivity index (χ2n) is 4.66. The van der Waals surface area contributed by atoms with Crippen LogP contribution in [0.15, 0.2) is 24.3 Å². The lowest BCUT2D eigenvalue weighted by atomic mass is 9.88. The van der Waals surface area contributed by atoms with Gasteiger partial charge in [-0.1, -0.05) is 0 Å². The first-order chi connectivity index (χ1) is 8.53. The molecule has 18 heavy (non-hydrogen) atoms. The van der Waals surface area contributed by atoms with E-state index in [1.165, 1.54) is 0 Å². The highest BCUT2D eigenvalue weighted by molar-refractivity contribution is 5.99. The van der Waals surface area contributed by atoms with Crippen molar-refractivity contribution in [2.24, 2.45) is 5.41 Å². The maximum atomic E-state index is 12.1. The zero-order chi connectivity index (χ0) is 13.2. The van der Waals surface area contributed by atoms with Gasteiger partial charge in [0.15, 0.2) is 0 Å². The highest BCUT2D eigenvalue weighted by Gasteiger charge is 2.40. The summed E-state index contributed by atoms with van der Waals surface area (Å²) in [7, 11) is 0. The second kappa shape index (κ2) is 4.49. The van der Waals surface area contributed by atoms with Crippen LogP contribution in [0.4, 0.5) is 5.69 Å². The Labute approximate surface area is 105 Å². The summed E-state index contributed by atoms with van der Waals surface area (Å²) >= 11 is 0. The highest BCUT2D eigenvalue weighted by Crippen LogP contribution is 2.27. The Hall–Kier alpha value is -2.35. The van der Waals surface area contributed by atoms with Crippen molar-refractivity contribution in [3.8, 4) is 6.07 Å². The van der Waals surface area contributed by atoms with Gasteiger partial charge in [-0.05, 0) is 31.2 Å². The van der Waals surface area contributed by atoms with Crippen LogP contribution in [0.25, 0.3) is 0 Å². The Balaban J connectivity index is 2.07. The molecule has 1 fully saturated rings. The lowest BCUT2D eigenvalue weighted by molar-refractivity contribution is -0.126. The minimum absolute atomic E-state index is 0.104. The molecule has 1 unspecified atom stereocenters. The molecule has 2 amide bonds. The van der Waals surface area contributed by atoms with Crippen LogP contribution in [0.2, 0.25) is 0 Å². The quantitative estimate of drug-likeness (QED) is 0.813. The lowest BCUT2D eigenvalue weighted by Gasteiger charge is -2.20. The Bertz CT molecular complexity index is 530. The molecule has 5 heteroatoms. The van der Waals surface area contributed by atoms with Crippen molar-refractivity contribution >= 4 is 17.5 Å². The smallest absolute Gasteiger partial charge is 0.232 e. The first-order valence-corrected chi connectivity index (χ1v) is 5.62. The third kappa shape index (κ3) is 2.33. The van der Waals surface area contributed by atoms with E-state index in [-0.39, 0.29) is 18.2 Å². The van der Waals surface area contributed by atoms with Crippen LogP contribution in [-0.2, 0) is 9.59 Å². The fraction of sp³-hybridized carbons (Fsp3) is 0.308. The van der Waals surface area contributed by atoms with Crippen molar-refractivity contribution in [1.82, 2.24) is 5.32 Å². The van der Waals surface area contributed by atoms with E-state index in [0.29, 0.717) is 17.8 Å². The van der Waals surface area contributed by atoms with Crippen LogP contribution in [0, 0.1) is 16.7 Å². The molecular weight excluding hydrogens is 230 g/mol. The molecule has 0 spiro atoms. The van der Waals surface area contributed by atoms with Crippen molar-refractivity contribution in [3.63, 3.8) is 0 Å². The van der Waals surface area contributed by atoms with Crippen molar-refractivity contribution in [1.29, 1.82) is 5.26 Å². The number of anilines is 1. The van der Waals surface area contributed by atoms with Gasteiger partial charge in [0.2, 0.25) is 11.8 Å². The lowest BCUT2D eigenvalue weighted by Crippen LogP contribution is -2.35. The second-order valence-corrected chi connectivity index (χ2v) is 4.66. The standard InChI is InChI=1S/C13H13N3O2/c1-13(6-11(17)15-8-13)12(18)16-10-4-2-9(7-14)3-5-10/h2-5H,6,8H2,1H3,(H,15,17)(H,16,18). The van der Waals surface area contributed by atoms with Gasteiger partial charge in [-0.25, -0.2) is 0 Å². The average molecular weight is 243 g/mol. The predicted octanol–water partition coefficient (Wildman–Crippen LogP) is 1.02. The van der Waals surface area contributed by atoms with Gasteiger partial charge in [0.1, 0.15) is 0 Å². The SMILES string of the molecule is CC1(C(=O)Nc2ccc(C#N)cc2)CNC(=O)C1. The Morgan fingerprint density at radius 2 is 2.11 bits per heavy atom. The molecule has 1 aromatic rings. The Morgan fingerprint density at radius 1 is 1.44 bits per heavy atom. The molecule has 2 N–H and O–H groups in total. The molecule has 0 aromatic heterocycles. The molecule has 1 atom stereocenters. The fourth-order valence-corrected chi connectivity index (χ4v) is 1.84. The predicted molar refractivity (Wildman–Crippen MR) is 65.5 cm³/mol. The number of hydrogen-bond acceptors (Lipinski definition) is 3. The third-order valence-corrected chi connectivity index (χ3v) is 3.05. The summed E-state index contributed by atoms with van der Waals surface area (Å²) in [6.45, 7) is 2.11. The molecule has 92 valence electrons. The van der Waals surface area contributed by atoms with E-state index in [1.54, 1.807) is 31.2 Å². The van der Waals surface area contributed by atoms with Gasteiger partial charge >= 0.3 is 0 Å². The monoisotopic (exact) mass is 243 g/mol. The summed E-state index contributed by atoms with van der Waals surface area (Å²) in [5.41, 5.74) is 0.460. The summed E-state index contributed by atoms with van der Waals surface area (Å²) in [5, 5.41) is 14.1. The normalized spacial score (nSPS) is 22.1. The number of nitrogens with zero attached hydrogens (tertiary/aromatic N) is 1. The number of amides is 2. The number of nitriles is 1. The number of carbonyl (C=O) groups excluding carboxylic acids is 2. The number of rotatable bonds is 2. The fourth-order valence-electron chi connectivity index (χ4n) is 1.84. The molecule has 1 heterocycles. The van der Waals surface area contributed by atoms with E-state index in [2.05, 4.69) is 10.6 Å². The molecule has 1 saturated heterocycles. The molecule has 1 aromatic carbocycles. The van der Waals surface area contributed by atoms with Crippen molar-refractivity contribution in [2.75, 3.05) is 11.9 Å². The van der Waals surface area contributed by atoms with Gasteiger partial charge in [0.05, 0.1) is 17.0 Å². The zero-order valence-electron chi connectivity index (χ0n) is 9.99. The molecule has 0 aliphatic carbocycles. The Morgan fingerprint density at radius 3 is 2.61 bits per heavy atom. The van der Waals surface area contributed by atoms with E-state index < -0.39 is 5.41 Å². The summed E-state index contributed by atoms with van der Waals surface area (Å²) in [5.74, 6) is -0.293. The van der Waals surface area contributed by atoms with Crippen molar-refractivity contribution in [2.45, 2.75) is 13.3 Å². The van der Waals surface area contributed by atoms with Gasteiger partial charge < -0.3 is 10.6 Å². The van der Waals surface area contributed by atoms with Crippen LogP contribution in [0.1, 0.15) is 18.9 Å². The van der Waals surface area contributed by atoms with Gasteiger partial charge in [-0.3, -0.25) is 9.59 Å². The highest BCUT2D eigenvalue weighted by atomic mass is 16.2. The molecule has 5 nitrogen and oxygen atoms in total. The number of carbonyl (C=O) groups is 2. The largest absolute Gasteiger partial charge is 0.355 e. The number of nitrogens with one attached hydrogen (secondary N) is 2. The molecular formula is C13H13N3O2. The van der Waals surface area contributed by atoms with E-state index in [9.17, 15) is 9.59 Å². The first-order valence-electron chi connectivity index (χ1n) is 5.62. The van der Waals surface area contributed by atoms with E-state index in [0.717, 1.165) is 0 Å². The van der Waals surface area contributed by atoms with Crippen molar-refractivity contribution in [3.05, 3.63) is 29.8 Å². The van der Waals surface area contributed by atoms with Gasteiger partial charge in [-0.2, -0.15) is 5.26 Å². The topological polar surface area (TPSA) is 82.0 Å². The van der Waals surface area contributed by atoms with Crippen LogP contribution >= 0.6 is 0 Å². The van der Waals surface area contributed by atoms with Crippen LogP contribution in [0.5, 0.6) is 0 Å². The molecule has 0 saturated carbocycles. The van der Waals surface area contributed by atoms with E-state index >= 15 is 0 Å². The van der Waals surface area contributed by atoms with E-state index in [1.807, 2.05) is 6.07 Å². The van der Waals surface area contributed by atoms with Crippen LogP contribution in [-0.4, -0.2) is 18.4 Å². The van der Waals surface area contributed by atoms with Gasteiger partial charge in [-0.15, -0.1) is 0 Å².